The van der Waals surface area contributed by atoms with Gasteiger partial charge in [-0.15, -0.1) is 0 Å². The van der Waals surface area contributed by atoms with Crippen molar-refractivity contribution in [3.05, 3.63) is 0 Å². The first kappa shape index (κ1) is 37.1. The van der Waals surface area contributed by atoms with Gasteiger partial charge in [-0.25, -0.2) is 0 Å². The van der Waals surface area contributed by atoms with E-state index in [2.05, 4.69) is 5.73 Å². The second-order valence-corrected chi connectivity index (χ2v) is 0. The lowest BCUT2D eigenvalue weighted by Crippen LogP contribution is -1.69. The van der Waals surface area contributed by atoms with Crippen molar-refractivity contribution >= 4 is 8.41 Å². The fraction of sp³-hybridized carbons (Fsp3) is 1.00. The van der Waals surface area contributed by atoms with E-state index in [-0.39, 0.29) is 15.8 Å². The lowest BCUT2D eigenvalue weighted by atomic mass is 10.8. The van der Waals surface area contributed by atoms with Crippen molar-refractivity contribution < 1.29 is 0 Å². The molecule has 0 fully saturated rings. The van der Waals surface area contributed by atoms with E-state index in [1.54, 1.807) is 0 Å². The van der Waals surface area contributed by atoms with Crippen molar-refractivity contribution in [3.63, 3.8) is 0 Å². The van der Waals surface area contributed by atoms with Crippen molar-refractivity contribution in [2.75, 3.05) is 7.05 Å². The predicted octanol–water partition coefficient (Wildman–Crippen LogP) is 0.856. The molecule has 6 heavy (non-hydrogen) atoms. The zero-order chi connectivity index (χ0) is 4.00. The van der Waals surface area contributed by atoms with E-state index < -0.39 is 0 Å². The van der Waals surface area contributed by atoms with Crippen LogP contribution in [0.4, 0.5) is 0 Å². The van der Waals surface area contributed by atoms with E-state index in [4.69, 9.17) is 0 Å². The van der Waals surface area contributed by atoms with Gasteiger partial charge in [0.2, 0.25) is 0 Å². The summed E-state index contributed by atoms with van der Waals surface area (Å²) in [6.45, 7) is 4.00. The van der Waals surface area contributed by atoms with Crippen LogP contribution in [0.1, 0.15) is 21.3 Å². The molecule has 0 spiro atoms. The Kier molecular flexibility index (Phi) is 810000. The Balaban J connectivity index is -0.00000000500. The summed E-state index contributed by atoms with van der Waals surface area (Å²) < 4.78 is 0. The summed E-state index contributed by atoms with van der Waals surface area (Å²) in [6.07, 6.45) is 0. The molecule has 0 unspecified atom stereocenters. The molecule has 0 aromatic rings. The zero-order valence-electron chi connectivity index (χ0n) is 4.15. The van der Waals surface area contributed by atoms with Crippen LogP contribution in [0.25, 0.3) is 0 Å². The van der Waals surface area contributed by atoms with Crippen molar-refractivity contribution in [1.29, 1.82) is 0 Å². The van der Waals surface area contributed by atoms with Gasteiger partial charge in [0.15, 0.2) is 0 Å². The Hall–Kier alpha value is 0.0249. The second-order valence-electron chi connectivity index (χ2n) is 0. The minimum Gasteiger partial charge on any atom is -0.333 e. The van der Waals surface area contributed by atoms with Crippen LogP contribution < -0.4 is 5.73 Å². The van der Waals surface area contributed by atoms with Crippen LogP contribution in [0.3, 0.4) is 0 Å². The van der Waals surface area contributed by atoms with Crippen LogP contribution >= 0.6 is 0 Å². The van der Waals surface area contributed by atoms with Crippen molar-refractivity contribution in [2.45, 2.75) is 21.3 Å². The van der Waals surface area contributed by atoms with Crippen LogP contribution in [-0.4, -0.2) is 15.5 Å². The molecule has 0 aliphatic rings. The van der Waals surface area contributed by atoms with Gasteiger partial charge in [-0.1, -0.05) is 21.3 Å². The molecule has 0 rings (SSSR count). The molecule has 0 saturated heterocycles. The van der Waals surface area contributed by atoms with Gasteiger partial charge in [0.1, 0.15) is 0 Å². The molecule has 0 heterocycles. The van der Waals surface area contributed by atoms with Gasteiger partial charge in [0.05, 0.1) is 0 Å². The molecule has 0 aromatic heterocycles. The molecule has 0 amide bonds. The maximum atomic E-state index is 4.50. The fourth-order valence-corrected chi connectivity index (χ4v) is 0. The van der Waals surface area contributed by atoms with E-state index in [0.717, 1.165) is 0 Å². The van der Waals surface area contributed by atoms with Crippen LogP contribution in [0.15, 0.2) is 0 Å². The van der Waals surface area contributed by atoms with Crippen molar-refractivity contribution in [2.24, 2.45) is 5.73 Å². The Morgan fingerprint density at radius 1 is 1.00 bits per heavy atom. The summed E-state index contributed by atoms with van der Waals surface area (Å²) in [6, 6.07) is 0. The summed E-state index contributed by atoms with van der Waals surface area (Å²) in [5, 5.41) is 0. The molecule has 2 N–H and O–H groups in total. The zero-order valence-corrected chi connectivity index (χ0v) is 4.15. The lowest BCUT2D eigenvalue weighted by molar-refractivity contribution is 1.48. The smallest absolute Gasteiger partial charge is 0 e. The highest BCUT2D eigenvalue weighted by molar-refractivity contribution is 5.75. The Bertz CT molecular complexity index is 7.51. The third-order valence-corrected chi connectivity index (χ3v) is 0. The van der Waals surface area contributed by atoms with E-state index >= 15 is 0 Å². The van der Waals surface area contributed by atoms with Crippen LogP contribution in [0.2, 0.25) is 0 Å². The number of rotatable bonds is 0. The van der Waals surface area contributed by atoms with Gasteiger partial charge in [-0.3, -0.25) is 0 Å². The summed E-state index contributed by atoms with van der Waals surface area (Å²) in [5.41, 5.74) is 4.50. The Morgan fingerprint density at radius 2 is 1.00 bits per heavy atom. The van der Waals surface area contributed by atoms with Gasteiger partial charge < -0.3 is 5.73 Å². The normalized spacial score (nSPS) is 2.00. The third kappa shape index (κ3) is 59200. The highest BCUT2D eigenvalue weighted by Crippen LogP contribution is 1.14. The first-order valence-corrected chi connectivity index (χ1v) is 1.58. The largest absolute Gasteiger partial charge is 0.333 e. The SMILES string of the molecule is C.CC.CN.[B]. The standard InChI is InChI=1S/C2H6.CH5N.CH4.B/c2*1-2;;/h1-2H3;2H2,1H3;1H4;. The molecular formula is C4H15BN. The van der Waals surface area contributed by atoms with Crippen LogP contribution in [0.5, 0.6) is 0 Å². The Morgan fingerprint density at radius 3 is 1.00 bits per heavy atom. The molecule has 0 saturated carbocycles. The minimum absolute atomic E-state index is 0. The Labute approximate surface area is 43.5 Å². The highest BCUT2D eigenvalue weighted by atomic mass is 14.4. The monoisotopic (exact) mass is 88.1 g/mol. The lowest BCUT2D eigenvalue weighted by Gasteiger charge is -1.19. The molecule has 0 aliphatic heterocycles. The number of hydrogen-bond donors (Lipinski definition) is 1. The van der Waals surface area contributed by atoms with Gasteiger partial charge in [0, 0.05) is 8.41 Å². The molecule has 39 valence electrons. The fourth-order valence-electron chi connectivity index (χ4n) is 0. The summed E-state index contributed by atoms with van der Waals surface area (Å²) in [5.74, 6) is 0. The summed E-state index contributed by atoms with van der Waals surface area (Å²) >= 11 is 0. The van der Waals surface area contributed by atoms with E-state index in [0.29, 0.717) is 0 Å². The molecule has 1 nitrogen and oxygen atoms in total. The molecule has 0 bridgehead atoms. The average Bonchev–Trinajstić information content (AvgIpc) is 1.50. The highest BCUT2D eigenvalue weighted by Gasteiger charge is 0.932. The van der Waals surface area contributed by atoms with Gasteiger partial charge in [-0.2, -0.15) is 0 Å². The van der Waals surface area contributed by atoms with Gasteiger partial charge >= 0.3 is 0 Å². The maximum absolute atomic E-state index is 4.50. The maximum Gasteiger partial charge on any atom is 0 e. The topological polar surface area (TPSA) is 26.0 Å². The molecule has 0 aromatic carbocycles. The van der Waals surface area contributed by atoms with E-state index in [9.17, 15) is 0 Å². The first-order chi connectivity index (χ1) is 2.00. The second kappa shape index (κ2) is 131000. The molecule has 3 radical (unpaired) electrons. The number of nitrogens with two attached hydrogens (primary N) is 1. The summed E-state index contributed by atoms with van der Waals surface area (Å²) in [4.78, 5) is 0. The van der Waals surface area contributed by atoms with E-state index in [1.807, 2.05) is 13.8 Å². The first-order valence-electron chi connectivity index (χ1n) is 1.58. The average molecular weight is 88.0 g/mol. The predicted molar refractivity (Wildman–Crippen MR) is 33.9 cm³/mol. The quantitative estimate of drug-likeness (QED) is 0.436. The van der Waals surface area contributed by atoms with Crippen molar-refractivity contribution in [3.8, 4) is 0 Å². The summed E-state index contributed by atoms with van der Waals surface area (Å²) in [7, 11) is 1.50. The molecule has 0 atom stereocenters. The van der Waals surface area contributed by atoms with Gasteiger partial charge in [-0.05, 0) is 7.05 Å². The minimum atomic E-state index is 0. The molecule has 2 heteroatoms. The van der Waals surface area contributed by atoms with Gasteiger partial charge in [0.25, 0.3) is 0 Å². The third-order valence-electron chi connectivity index (χ3n) is 0. The van der Waals surface area contributed by atoms with Crippen LogP contribution in [0, 0.1) is 0 Å². The molecule has 0 aliphatic carbocycles. The van der Waals surface area contributed by atoms with E-state index in [1.165, 1.54) is 7.05 Å². The van der Waals surface area contributed by atoms with Crippen molar-refractivity contribution in [1.82, 2.24) is 0 Å². The molecular weight excluding hydrogens is 72.9 g/mol. The number of hydrogen-bond acceptors (Lipinski definition) is 1. The van der Waals surface area contributed by atoms with Crippen LogP contribution in [-0.2, 0) is 0 Å².